The van der Waals surface area contributed by atoms with Gasteiger partial charge in [0.15, 0.2) is 5.82 Å². The van der Waals surface area contributed by atoms with E-state index >= 15 is 0 Å². The molecule has 0 aliphatic carbocycles. The van der Waals surface area contributed by atoms with Gasteiger partial charge in [-0.25, -0.2) is 8.42 Å². The first-order valence-electron chi connectivity index (χ1n) is 7.96. The Balaban J connectivity index is 1.49. The summed E-state index contributed by atoms with van der Waals surface area (Å²) in [6.45, 7) is 4.48. The lowest BCUT2D eigenvalue weighted by Gasteiger charge is -2.18. The molecule has 0 bridgehead atoms. The minimum absolute atomic E-state index is 0.123. The number of fused-ring (bicyclic) bond motifs is 1. The van der Waals surface area contributed by atoms with Crippen molar-refractivity contribution >= 4 is 10.0 Å². The van der Waals surface area contributed by atoms with Crippen molar-refractivity contribution in [1.82, 2.24) is 14.4 Å². The van der Waals surface area contributed by atoms with Crippen molar-refractivity contribution in [3.8, 4) is 0 Å². The van der Waals surface area contributed by atoms with Crippen molar-refractivity contribution in [3.63, 3.8) is 0 Å². The second kappa shape index (κ2) is 5.65. The number of nitrogens with zero attached hydrogens (tertiary/aromatic N) is 3. The normalized spacial score (nSPS) is 27.5. The Bertz CT molecular complexity index is 850. The van der Waals surface area contributed by atoms with Crippen LogP contribution in [0.25, 0.3) is 0 Å². The zero-order valence-electron chi connectivity index (χ0n) is 13.5. The van der Waals surface area contributed by atoms with E-state index in [-0.39, 0.29) is 18.1 Å². The maximum atomic E-state index is 12.8. The molecular formula is C16H19N3O4S. The highest BCUT2D eigenvalue weighted by molar-refractivity contribution is 7.89. The fraction of sp³-hybridized carbons (Fsp3) is 0.500. The monoisotopic (exact) mass is 349 g/mol. The first-order chi connectivity index (χ1) is 11.4. The van der Waals surface area contributed by atoms with Crippen LogP contribution in [0, 0.1) is 19.8 Å². The molecule has 1 aromatic heterocycles. The summed E-state index contributed by atoms with van der Waals surface area (Å²) < 4.78 is 38.3. The lowest BCUT2D eigenvalue weighted by atomic mass is 10.0. The van der Waals surface area contributed by atoms with Gasteiger partial charge < -0.3 is 9.26 Å². The molecule has 2 aliphatic rings. The van der Waals surface area contributed by atoms with E-state index in [2.05, 4.69) is 10.1 Å². The van der Waals surface area contributed by atoms with E-state index in [1.807, 2.05) is 13.0 Å². The van der Waals surface area contributed by atoms with E-state index in [1.165, 1.54) is 4.31 Å². The van der Waals surface area contributed by atoms with Crippen LogP contribution in [0.4, 0.5) is 0 Å². The van der Waals surface area contributed by atoms with Crippen LogP contribution in [0.15, 0.2) is 33.7 Å². The van der Waals surface area contributed by atoms with Crippen LogP contribution in [0.1, 0.15) is 29.8 Å². The highest BCUT2D eigenvalue weighted by Crippen LogP contribution is 2.41. The van der Waals surface area contributed by atoms with Crippen LogP contribution in [0.2, 0.25) is 0 Å². The van der Waals surface area contributed by atoms with Crippen molar-refractivity contribution in [2.75, 3.05) is 13.1 Å². The van der Waals surface area contributed by atoms with Gasteiger partial charge in [-0.05, 0) is 38.0 Å². The molecule has 0 spiro atoms. The molecule has 24 heavy (non-hydrogen) atoms. The summed E-state index contributed by atoms with van der Waals surface area (Å²) in [5, 5.41) is 3.78. The number of ether oxygens (including phenoxy) is 1. The van der Waals surface area contributed by atoms with E-state index in [1.54, 1.807) is 25.1 Å². The molecule has 3 atom stereocenters. The second-order valence-electron chi connectivity index (χ2n) is 6.48. The van der Waals surface area contributed by atoms with Crippen LogP contribution < -0.4 is 0 Å². The van der Waals surface area contributed by atoms with Gasteiger partial charge in [0.05, 0.1) is 11.0 Å². The first kappa shape index (κ1) is 15.7. The van der Waals surface area contributed by atoms with Gasteiger partial charge in [-0.15, -0.1) is 0 Å². The average molecular weight is 349 g/mol. The van der Waals surface area contributed by atoms with Gasteiger partial charge in [-0.2, -0.15) is 9.29 Å². The van der Waals surface area contributed by atoms with Crippen LogP contribution >= 0.6 is 0 Å². The van der Waals surface area contributed by atoms with Gasteiger partial charge in [0.1, 0.15) is 6.10 Å². The summed E-state index contributed by atoms with van der Waals surface area (Å²) in [6.07, 6.45) is 0.346. The molecular weight excluding hydrogens is 330 g/mol. The molecule has 7 nitrogen and oxygen atoms in total. The number of aryl methyl sites for hydroxylation is 2. The van der Waals surface area contributed by atoms with Gasteiger partial charge in [-0.1, -0.05) is 17.3 Å². The molecule has 3 heterocycles. The number of sulfonamides is 1. The molecule has 0 radical (unpaired) electrons. The minimum Gasteiger partial charge on any atom is -0.363 e. The summed E-state index contributed by atoms with van der Waals surface area (Å²) in [5.74, 6) is 1.21. The maximum absolute atomic E-state index is 12.8. The molecule has 4 rings (SSSR count). The topological polar surface area (TPSA) is 85.5 Å². The fourth-order valence-electron chi connectivity index (χ4n) is 3.45. The number of benzene rings is 1. The minimum atomic E-state index is -3.48. The van der Waals surface area contributed by atoms with E-state index in [9.17, 15) is 8.42 Å². The molecule has 0 unspecified atom stereocenters. The Kier molecular flexibility index (Phi) is 3.70. The summed E-state index contributed by atoms with van der Waals surface area (Å²) in [5.41, 5.74) is 0.929. The van der Waals surface area contributed by atoms with Crippen LogP contribution in [-0.4, -0.2) is 42.1 Å². The number of hydrogen-bond donors (Lipinski definition) is 0. The van der Waals surface area contributed by atoms with Crippen molar-refractivity contribution in [3.05, 3.63) is 41.5 Å². The zero-order chi connectivity index (χ0) is 16.9. The highest BCUT2D eigenvalue weighted by atomic mass is 32.2. The molecule has 1 aromatic carbocycles. The Labute approximate surface area is 140 Å². The van der Waals surface area contributed by atoms with Gasteiger partial charge in [-0.3, -0.25) is 0 Å². The Morgan fingerprint density at radius 2 is 2.08 bits per heavy atom. The SMILES string of the molecule is Cc1cccc(S(=O)(=O)N2C[C@@H]3C[C@@H](c4nc(C)no4)O[C@@H]3C2)c1. The molecule has 0 N–H and O–H groups in total. The lowest BCUT2D eigenvalue weighted by Crippen LogP contribution is -2.31. The molecule has 2 saturated heterocycles. The third-order valence-corrected chi connectivity index (χ3v) is 6.48. The standard InChI is InChI=1S/C16H19N3O4S/c1-10-4-3-5-13(6-10)24(20,21)19-8-12-7-14(22-15(12)9-19)16-17-11(2)18-23-16/h3-6,12,14-15H,7-9H2,1-2H3/t12-,14-,15+/m0/s1. The number of aromatic nitrogens is 2. The highest BCUT2D eigenvalue weighted by Gasteiger charge is 2.47. The molecule has 2 fully saturated rings. The third kappa shape index (κ3) is 2.64. The third-order valence-electron chi connectivity index (χ3n) is 4.65. The van der Waals surface area contributed by atoms with E-state index in [0.29, 0.717) is 36.1 Å². The van der Waals surface area contributed by atoms with Crippen LogP contribution in [0.3, 0.4) is 0 Å². The zero-order valence-corrected chi connectivity index (χ0v) is 14.4. The van der Waals surface area contributed by atoms with Crippen molar-refractivity contribution in [1.29, 1.82) is 0 Å². The Hall–Kier alpha value is -1.77. The summed E-state index contributed by atoms with van der Waals surface area (Å²) >= 11 is 0. The fourth-order valence-corrected chi connectivity index (χ4v) is 5.06. The van der Waals surface area contributed by atoms with E-state index in [4.69, 9.17) is 9.26 Å². The average Bonchev–Trinajstić information content (AvgIpc) is 3.20. The van der Waals surface area contributed by atoms with Crippen molar-refractivity contribution in [2.45, 2.75) is 37.4 Å². The first-order valence-corrected chi connectivity index (χ1v) is 9.40. The van der Waals surface area contributed by atoms with E-state index in [0.717, 1.165) is 5.56 Å². The second-order valence-corrected chi connectivity index (χ2v) is 8.42. The summed E-state index contributed by atoms with van der Waals surface area (Å²) in [7, 11) is -3.48. The van der Waals surface area contributed by atoms with Gasteiger partial charge >= 0.3 is 0 Å². The number of rotatable bonds is 3. The number of hydrogen-bond acceptors (Lipinski definition) is 6. The predicted octanol–water partition coefficient (Wildman–Crippen LogP) is 1.84. The summed E-state index contributed by atoms with van der Waals surface area (Å²) in [4.78, 5) is 4.55. The molecule has 0 saturated carbocycles. The van der Waals surface area contributed by atoms with E-state index < -0.39 is 10.0 Å². The molecule has 2 aromatic rings. The van der Waals surface area contributed by atoms with Crippen LogP contribution in [-0.2, 0) is 14.8 Å². The maximum Gasteiger partial charge on any atom is 0.255 e. The largest absolute Gasteiger partial charge is 0.363 e. The smallest absolute Gasteiger partial charge is 0.255 e. The molecule has 2 aliphatic heterocycles. The van der Waals surface area contributed by atoms with Crippen LogP contribution in [0.5, 0.6) is 0 Å². The predicted molar refractivity (Wildman–Crippen MR) is 84.7 cm³/mol. The molecule has 8 heteroatoms. The quantitative estimate of drug-likeness (QED) is 0.840. The molecule has 0 amide bonds. The summed E-state index contributed by atoms with van der Waals surface area (Å²) in [6, 6.07) is 7.00. The van der Waals surface area contributed by atoms with Crippen molar-refractivity contribution in [2.24, 2.45) is 5.92 Å². The molecule has 128 valence electrons. The Morgan fingerprint density at radius 1 is 1.25 bits per heavy atom. The van der Waals surface area contributed by atoms with Crippen molar-refractivity contribution < 1.29 is 17.7 Å². The van der Waals surface area contributed by atoms with Gasteiger partial charge in [0.2, 0.25) is 10.0 Å². The van der Waals surface area contributed by atoms with Gasteiger partial charge in [0.25, 0.3) is 5.89 Å². The van der Waals surface area contributed by atoms with Gasteiger partial charge in [0, 0.05) is 19.0 Å². The Morgan fingerprint density at radius 3 is 2.75 bits per heavy atom. The lowest BCUT2D eigenvalue weighted by molar-refractivity contribution is 0.0251.